The van der Waals surface area contributed by atoms with Crippen LogP contribution < -0.4 is 5.32 Å². The number of carbonyl (C=O) groups excluding carboxylic acids is 1. The van der Waals surface area contributed by atoms with Crippen molar-refractivity contribution >= 4 is 22.4 Å². The van der Waals surface area contributed by atoms with Crippen molar-refractivity contribution in [3.8, 4) is 6.07 Å². The van der Waals surface area contributed by atoms with Gasteiger partial charge in [-0.3, -0.25) is 0 Å². The van der Waals surface area contributed by atoms with Crippen LogP contribution in [0.2, 0.25) is 0 Å². The quantitative estimate of drug-likeness (QED) is 0.524. The first kappa shape index (κ1) is 13.6. The molecule has 2 aromatic carbocycles. The predicted octanol–water partition coefficient (Wildman–Crippen LogP) is 3.22. The smallest absolute Gasteiger partial charge is 0.350 e. The van der Waals surface area contributed by atoms with Gasteiger partial charge in [-0.15, -0.1) is 0 Å². The van der Waals surface area contributed by atoms with E-state index in [-0.39, 0.29) is 12.2 Å². The lowest BCUT2D eigenvalue weighted by molar-refractivity contribution is -0.138. The molecule has 0 aliphatic carbocycles. The van der Waals surface area contributed by atoms with E-state index in [9.17, 15) is 4.79 Å². The van der Waals surface area contributed by atoms with Crippen LogP contribution >= 0.6 is 0 Å². The lowest BCUT2D eigenvalue weighted by Crippen LogP contribution is -2.07. The number of hydrogen-bond acceptors (Lipinski definition) is 4. The maximum absolute atomic E-state index is 11.5. The Balaban J connectivity index is 2.19. The number of hydrogen-bond donors (Lipinski definition) is 1. The summed E-state index contributed by atoms with van der Waals surface area (Å²) in [5, 5.41) is 14.1. The average molecular weight is 266 g/mol. The van der Waals surface area contributed by atoms with Gasteiger partial charge in [-0.2, -0.15) is 5.26 Å². The Kier molecular flexibility index (Phi) is 4.35. The topological polar surface area (TPSA) is 62.1 Å². The van der Waals surface area contributed by atoms with Crippen molar-refractivity contribution in [3.63, 3.8) is 0 Å². The Morgan fingerprint density at radius 3 is 2.75 bits per heavy atom. The van der Waals surface area contributed by atoms with Crippen LogP contribution in [0, 0.1) is 11.3 Å². The lowest BCUT2D eigenvalue weighted by Gasteiger charge is -2.04. The van der Waals surface area contributed by atoms with Gasteiger partial charge >= 0.3 is 5.97 Å². The minimum absolute atomic E-state index is 0.0555. The van der Waals surface area contributed by atoms with Crippen molar-refractivity contribution in [2.45, 2.75) is 6.92 Å². The van der Waals surface area contributed by atoms with E-state index in [1.165, 1.54) is 6.20 Å². The zero-order valence-corrected chi connectivity index (χ0v) is 11.1. The van der Waals surface area contributed by atoms with E-state index in [4.69, 9.17) is 10.00 Å². The first-order valence-electron chi connectivity index (χ1n) is 6.27. The summed E-state index contributed by atoms with van der Waals surface area (Å²) >= 11 is 0. The molecule has 4 heteroatoms. The van der Waals surface area contributed by atoms with Gasteiger partial charge in [0.25, 0.3) is 0 Å². The molecule has 2 aromatic rings. The number of fused-ring (bicyclic) bond motifs is 1. The molecule has 0 aliphatic rings. The molecule has 0 fully saturated rings. The highest BCUT2D eigenvalue weighted by molar-refractivity contribution is 5.93. The largest absolute Gasteiger partial charge is 0.462 e. The van der Waals surface area contributed by atoms with Crippen molar-refractivity contribution in [3.05, 3.63) is 54.2 Å². The fourth-order valence-electron chi connectivity index (χ4n) is 1.78. The van der Waals surface area contributed by atoms with E-state index in [0.717, 1.165) is 16.5 Å². The molecule has 4 nitrogen and oxygen atoms in total. The highest BCUT2D eigenvalue weighted by atomic mass is 16.5. The molecule has 0 saturated heterocycles. The first-order chi connectivity index (χ1) is 9.74. The van der Waals surface area contributed by atoms with Gasteiger partial charge in [0.2, 0.25) is 0 Å². The minimum Gasteiger partial charge on any atom is -0.462 e. The third-order valence-corrected chi connectivity index (χ3v) is 2.75. The molecular formula is C16H14N2O2. The average Bonchev–Trinajstić information content (AvgIpc) is 2.48. The maximum atomic E-state index is 11.5. The number of nitriles is 1. The molecule has 1 N–H and O–H groups in total. The summed E-state index contributed by atoms with van der Waals surface area (Å²) in [6.45, 7) is 1.94. The van der Waals surface area contributed by atoms with E-state index in [2.05, 4.69) is 5.32 Å². The molecule has 0 aromatic heterocycles. The van der Waals surface area contributed by atoms with Gasteiger partial charge in [-0.05, 0) is 29.8 Å². The molecule has 0 heterocycles. The van der Waals surface area contributed by atoms with Crippen LogP contribution in [0.1, 0.15) is 6.92 Å². The van der Waals surface area contributed by atoms with Gasteiger partial charge in [0.15, 0.2) is 5.57 Å². The summed E-state index contributed by atoms with van der Waals surface area (Å²) in [4.78, 5) is 11.5. The summed E-state index contributed by atoms with van der Waals surface area (Å²) in [6.07, 6.45) is 1.36. The minimum atomic E-state index is -0.622. The van der Waals surface area contributed by atoms with Crippen molar-refractivity contribution in [2.75, 3.05) is 11.9 Å². The Bertz CT molecular complexity index is 699. The number of anilines is 1. The van der Waals surface area contributed by atoms with Gasteiger partial charge < -0.3 is 10.1 Å². The van der Waals surface area contributed by atoms with Crippen LogP contribution in [-0.2, 0) is 9.53 Å². The normalized spacial score (nSPS) is 10.9. The van der Waals surface area contributed by atoms with Crippen molar-refractivity contribution in [1.29, 1.82) is 5.26 Å². The first-order valence-corrected chi connectivity index (χ1v) is 6.27. The van der Waals surface area contributed by atoms with E-state index < -0.39 is 5.97 Å². The molecule has 0 bridgehead atoms. The summed E-state index contributed by atoms with van der Waals surface area (Å²) < 4.78 is 4.78. The van der Waals surface area contributed by atoms with Crippen molar-refractivity contribution in [1.82, 2.24) is 0 Å². The summed E-state index contributed by atoms with van der Waals surface area (Å²) in [5.41, 5.74) is 0.751. The highest BCUT2D eigenvalue weighted by Crippen LogP contribution is 2.19. The molecule has 0 saturated carbocycles. The van der Waals surface area contributed by atoms with E-state index in [0.29, 0.717) is 0 Å². The highest BCUT2D eigenvalue weighted by Gasteiger charge is 2.08. The number of esters is 1. The van der Waals surface area contributed by atoms with Gasteiger partial charge in [0, 0.05) is 11.9 Å². The second-order valence-electron chi connectivity index (χ2n) is 4.10. The maximum Gasteiger partial charge on any atom is 0.350 e. The van der Waals surface area contributed by atoms with Crippen molar-refractivity contribution in [2.24, 2.45) is 0 Å². The molecule has 0 spiro atoms. The fourth-order valence-corrected chi connectivity index (χ4v) is 1.78. The van der Waals surface area contributed by atoms with E-state index in [1.807, 2.05) is 48.5 Å². The van der Waals surface area contributed by atoms with Gasteiger partial charge in [0.1, 0.15) is 6.07 Å². The monoisotopic (exact) mass is 266 g/mol. The van der Waals surface area contributed by atoms with Crippen LogP contribution in [0.5, 0.6) is 0 Å². The third-order valence-electron chi connectivity index (χ3n) is 2.75. The Morgan fingerprint density at radius 2 is 2.05 bits per heavy atom. The third kappa shape index (κ3) is 3.15. The summed E-state index contributed by atoms with van der Waals surface area (Å²) in [7, 11) is 0. The molecule has 0 unspecified atom stereocenters. The van der Waals surface area contributed by atoms with Crippen molar-refractivity contribution < 1.29 is 9.53 Å². The second-order valence-corrected chi connectivity index (χ2v) is 4.10. The van der Waals surface area contributed by atoms with Crippen LogP contribution in [-0.4, -0.2) is 12.6 Å². The van der Waals surface area contributed by atoms with E-state index in [1.54, 1.807) is 6.92 Å². The summed E-state index contributed by atoms with van der Waals surface area (Å²) in [6, 6.07) is 15.6. The zero-order valence-electron chi connectivity index (χ0n) is 11.1. The van der Waals surface area contributed by atoms with Gasteiger partial charge in [-0.25, -0.2) is 4.79 Å². The van der Waals surface area contributed by atoms with Crippen LogP contribution in [0.25, 0.3) is 10.8 Å². The van der Waals surface area contributed by atoms with E-state index >= 15 is 0 Å². The number of benzene rings is 2. The fraction of sp³-hybridized carbons (Fsp3) is 0.125. The van der Waals surface area contributed by atoms with Crippen LogP contribution in [0.4, 0.5) is 5.69 Å². The molecular weight excluding hydrogens is 252 g/mol. The predicted molar refractivity (Wildman–Crippen MR) is 77.9 cm³/mol. The zero-order chi connectivity index (χ0) is 14.4. The molecule has 100 valence electrons. The lowest BCUT2D eigenvalue weighted by atomic mass is 10.1. The Labute approximate surface area is 117 Å². The molecule has 0 radical (unpaired) electrons. The number of rotatable bonds is 4. The second kappa shape index (κ2) is 6.39. The van der Waals surface area contributed by atoms with Crippen LogP contribution in [0.3, 0.4) is 0 Å². The standard InChI is InChI=1S/C16H14N2O2/c1-2-20-16(19)14(10-17)11-18-15-8-7-12-5-3-4-6-13(12)9-15/h3-9,11,18H,2H2,1H3/b14-11-. The number of nitrogens with one attached hydrogen (secondary N) is 1. The SMILES string of the molecule is CCOC(=O)/C(C#N)=C\Nc1ccc2ccccc2c1. The Hall–Kier alpha value is -2.80. The molecule has 0 aliphatic heterocycles. The number of nitrogens with zero attached hydrogens (tertiary/aromatic N) is 1. The number of ether oxygens (including phenoxy) is 1. The number of carbonyl (C=O) groups is 1. The molecule has 2 rings (SSSR count). The Morgan fingerprint density at radius 1 is 1.30 bits per heavy atom. The van der Waals surface area contributed by atoms with Gasteiger partial charge in [-0.1, -0.05) is 30.3 Å². The molecule has 20 heavy (non-hydrogen) atoms. The van der Waals surface area contributed by atoms with Crippen LogP contribution in [0.15, 0.2) is 54.2 Å². The summed E-state index contributed by atoms with van der Waals surface area (Å²) in [5.74, 6) is -0.622. The molecule has 0 amide bonds. The van der Waals surface area contributed by atoms with Gasteiger partial charge in [0.05, 0.1) is 6.61 Å². The molecule has 0 atom stereocenters.